The molecule has 0 saturated carbocycles. The Balaban J connectivity index is 1.70. The molecular formula is C18H30ClN5. The van der Waals surface area contributed by atoms with E-state index in [-0.39, 0.29) is 0 Å². The minimum atomic E-state index is 0.514. The average molecular weight is 352 g/mol. The summed E-state index contributed by atoms with van der Waals surface area (Å²) in [7, 11) is 0. The van der Waals surface area contributed by atoms with Crippen LogP contribution in [0.3, 0.4) is 0 Å². The van der Waals surface area contributed by atoms with Gasteiger partial charge in [-0.05, 0) is 63.4 Å². The molecule has 24 heavy (non-hydrogen) atoms. The molecule has 0 bridgehead atoms. The second kappa shape index (κ2) is 10.5. The van der Waals surface area contributed by atoms with Gasteiger partial charge in [0.2, 0.25) is 0 Å². The summed E-state index contributed by atoms with van der Waals surface area (Å²) in [5.74, 6) is 1.76. The van der Waals surface area contributed by atoms with Crippen LogP contribution in [0.2, 0.25) is 5.15 Å². The molecule has 134 valence electrons. The van der Waals surface area contributed by atoms with Gasteiger partial charge in [0.15, 0.2) is 5.96 Å². The summed E-state index contributed by atoms with van der Waals surface area (Å²) >= 11 is 5.80. The summed E-state index contributed by atoms with van der Waals surface area (Å²) in [4.78, 5) is 11.3. The molecule has 0 aromatic carbocycles. The number of halogens is 1. The van der Waals surface area contributed by atoms with Crippen molar-refractivity contribution in [3.63, 3.8) is 0 Å². The SMILES string of the molecule is CCNC(=NCc1ccc(Cl)nc1)NCCCN1CCC(C)CC1. The van der Waals surface area contributed by atoms with Crippen LogP contribution >= 0.6 is 11.6 Å². The fourth-order valence-electron chi connectivity index (χ4n) is 2.81. The molecule has 6 heteroatoms. The normalized spacial score (nSPS) is 17.0. The summed E-state index contributed by atoms with van der Waals surface area (Å²) in [6, 6.07) is 3.76. The predicted molar refractivity (Wildman–Crippen MR) is 102 cm³/mol. The number of rotatable bonds is 7. The van der Waals surface area contributed by atoms with Gasteiger partial charge in [0.05, 0.1) is 6.54 Å². The molecular weight excluding hydrogens is 322 g/mol. The van der Waals surface area contributed by atoms with Crippen molar-refractivity contribution in [1.29, 1.82) is 0 Å². The van der Waals surface area contributed by atoms with Crippen molar-refractivity contribution < 1.29 is 0 Å². The molecule has 1 saturated heterocycles. The standard InChI is InChI=1S/C18H30ClN5/c1-3-20-18(23-14-16-5-6-17(19)22-13-16)21-9-4-10-24-11-7-15(2)8-12-24/h5-6,13,15H,3-4,7-12,14H2,1-2H3,(H2,20,21,23). The van der Waals surface area contributed by atoms with Crippen molar-refractivity contribution in [2.24, 2.45) is 10.9 Å². The third-order valence-electron chi connectivity index (χ3n) is 4.37. The highest BCUT2D eigenvalue weighted by molar-refractivity contribution is 6.29. The number of aliphatic imine (C=N–C) groups is 1. The average Bonchev–Trinajstić information content (AvgIpc) is 2.59. The number of piperidine rings is 1. The first-order valence-electron chi connectivity index (χ1n) is 9.02. The number of pyridine rings is 1. The molecule has 0 atom stereocenters. The lowest BCUT2D eigenvalue weighted by Crippen LogP contribution is -2.39. The van der Waals surface area contributed by atoms with E-state index in [1.807, 2.05) is 6.07 Å². The molecule has 0 aliphatic carbocycles. The molecule has 5 nitrogen and oxygen atoms in total. The monoisotopic (exact) mass is 351 g/mol. The van der Waals surface area contributed by atoms with E-state index in [4.69, 9.17) is 11.6 Å². The summed E-state index contributed by atoms with van der Waals surface area (Å²) in [6.07, 6.45) is 5.59. The van der Waals surface area contributed by atoms with E-state index in [2.05, 4.69) is 39.4 Å². The highest BCUT2D eigenvalue weighted by Crippen LogP contribution is 2.15. The topological polar surface area (TPSA) is 52.6 Å². The summed E-state index contributed by atoms with van der Waals surface area (Å²) < 4.78 is 0. The second-order valence-corrected chi connectivity index (χ2v) is 6.88. The van der Waals surface area contributed by atoms with Gasteiger partial charge >= 0.3 is 0 Å². The van der Waals surface area contributed by atoms with Crippen molar-refractivity contribution in [2.75, 3.05) is 32.7 Å². The fraction of sp³-hybridized carbons (Fsp3) is 0.667. The third kappa shape index (κ3) is 7.05. The van der Waals surface area contributed by atoms with Crippen molar-refractivity contribution in [2.45, 2.75) is 39.7 Å². The lowest BCUT2D eigenvalue weighted by Gasteiger charge is -2.30. The largest absolute Gasteiger partial charge is 0.357 e. The van der Waals surface area contributed by atoms with Gasteiger partial charge in [0.1, 0.15) is 5.15 Å². The quantitative estimate of drug-likeness (QED) is 0.343. The van der Waals surface area contributed by atoms with Gasteiger partial charge in [0.25, 0.3) is 0 Å². The van der Waals surface area contributed by atoms with Crippen LogP contribution in [0.4, 0.5) is 0 Å². The molecule has 0 spiro atoms. The van der Waals surface area contributed by atoms with Crippen LogP contribution in [0, 0.1) is 5.92 Å². The first-order chi connectivity index (χ1) is 11.7. The zero-order chi connectivity index (χ0) is 17.2. The Morgan fingerprint density at radius 1 is 1.33 bits per heavy atom. The summed E-state index contributed by atoms with van der Waals surface area (Å²) in [6.45, 7) is 10.5. The Morgan fingerprint density at radius 2 is 2.12 bits per heavy atom. The zero-order valence-electron chi connectivity index (χ0n) is 14.9. The van der Waals surface area contributed by atoms with Crippen LogP contribution < -0.4 is 10.6 Å². The van der Waals surface area contributed by atoms with Gasteiger partial charge in [-0.3, -0.25) is 0 Å². The first-order valence-corrected chi connectivity index (χ1v) is 9.40. The molecule has 2 heterocycles. The van der Waals surface area contributed by atoms with Crippen molar-refractivity contribution in [1.82, 2.24) is 20.5 Å². The van der Waals surface area contributed by atoms with E-state index < -0.39 is 0 Å². The van der Waals surface area contributed by atoms with Crippen LogP contribution in [0.5, 0.6) is 0 Å². The second-order valence-electron chi connectivity index (χ2n) is 6.49. The van der Waals surface area contributed by atoms with E-state index in [9.17, 15) is 0 Å². The van der Waals surface area contributed by atoms with E-state index in [1.165, 1.54) is 32.5 Å². The number of guanidine groups is 1. The van der Waals surface area contributed by atoms with Crippen LogP contribution in [-0.4, -0.2) is 48.6 Å². The van der Waals surface area contributed by atoms with Gasteiger partial charge in [0, 0.05) is 19.3 Å². The Hall–Kier alpha value is -1.33. The molecule has 1 aromatic rings. The molecule has 2 rings (SSSR count). The lowest BCUT2D eigenvalue weighted by atomic mass is 9.99. The van der Waals surface area contributed by atoms with E-state index in [0.29, 0.717) is 11.7 Å². The molecule has 2 N–H and O–H groups in total. The fourth-order valence-corrected chi connectivity index (χ4v) is 2.92. The van der Waals surface area contributed by atoms with Crippen molar-refractivity contribution >= 4 is 17.6 Å². The molecule has 1 aromatic heterocycles. The maximum absolute atomic E-state index is 5.80. The number of aromatic nitrogens is 1. The van der Waals surface area contributed by atoms with Gasteiger partial charge in [-0.25, -0.2) is 9.98 Å². The van der Waals surface area contributed by atoms with Crippen molar-refractivity contribution in [3.8, 4) is 0 Å². The minimum Gasteiger partial charge on any atom is -0.357 e. The highest BCUT2D eigenvalue weighted by atomic mass is 35.5. The van der Waals surface area contributed by atoms with Gasteiger partial charge in [-0.15, -0.1) is 0 Å². The summed E-state index contributed by atoms with van der Waals surface area (Å²) in [5, 5.41) is 7.22. The number of hydrogen-bond acceptors (Lipinski definition) is 3. The van der Waals surface area contributed by atoms with Crippen LogP contribution in [0.1, 0.15) is 38.7 Å². The third-order valence-corrected chi connectivity index (χ3v) is 4.60. The summed E-state index contributed by atoms with van der Waals surface area (Å²) in [5.41, 5.74) is 1.05. The van der Waals surface area contributed by atoms with Crippen molar-refractivity contribution in [3.05, 3.63) is 29.0 Å². The number of likely N-dealkylation sites (tertiary alicyclic amines) is 1. The van der Waals surface area contributed by atoms with Crippen LogP contribution in [0.25, 0.3) is 0 Å². The number of nitrogens with zero attached hydrogens (tertiary/aromatic N) is 3. The smallest absolute Gasteiger partial charge is 0.191 e. The molecule has 1 fully saturated rings. The van der Waals surface area contributed by atoms with Gasteiger partial charge < -0.3 is 15.5 Å². The van der Waals surface area contributed by atoms with E-state index in [0.717, 1.165) is 37.0 Å². The van der Waals surface area contributed by atoms with Crippen LogP contribution in [0.15, 0.2) is 23.3 Å². The lowest BCUT2D eigenvalue weighted by molar-refractivity contribution is 0.191. The number of hydrogen-bond donors (Lipinski definition) is 2. The molecule has 1 aliphatic heterocycles. The van der Waals surface area contributed by atoms with E-state index in [1.54, 1.807) is 12.3 Å². The Labute approximate surface area is 150 Å². The maximum atomic E-state index is 5.80. The highest BCUT2D eigenvalue weighted by Gasteiger charge is 2.14. The molecule has 1 aliphatic rings. The Kier molecular flexibility index (Phi) is 8.33. The molecule has 0 unspecified atom stereocenters. The van der Waals surface area contributed by atoms with Crippen LogP contribution in [-0.2, 0) is 6.54 Å². The Morgan fingerprint density at radius 3 is 2.79 bits per heavy atom. The van der Waals surface area contributed by atoms with Gasteiger partial charge in [-0.1, -0.05) is 24.6 Å². The number of nitrogens with one attached hydrogen (secondary N) is 2. The minimum absolute atomic E-state index is 0.514. The maximum Gasteiger partial charge on any atom is 0.191 e. The molecule has 0 radical (unpaired) electrons. The van der Waals surface area contributed by atoms with E-state index >= 15 is 0 Å². The Bertz CT molecular complexity index is 495. The van der Waals surface area contributed by atoms with Gasteiger partial charge in [-0.2, -0.15) is 0 Å². The zero-order valence-corrected chi connectivity index (χ0v) is 15.6. The predicted octanol–water partition coefficient (Wildman–Crippen LogP) is 2.91. The molecule has 0 amide bonds. The first kappa shape index (κ1) is 19.0.